The zero-order valence-corrected chi connectivity index (χ0v) is 10.7. The maximum absolute atomic E-state index is 4.37. The van der Waals surface area contributed by atoms with Gasteiger partial charge in [-0.15, -0.1) is 0 Å². The summed E-state index contributed by atoms with van der Waals surface area (Å²) in [5, 5.41) is 9.94. The number of aromatic nitrogens is 2. The van der Waals surface area contributed by atoms with Gasteiger partial charge in [-0.05, 0) is 16.7 Å². The van der Waals surface area contributed by atoms with E-state index in [0.29, 0.717) is 0 Å². The highest BCUT2D eigenvalue weighted by Gasteiger charge is 2.17. The summed E-state index contributed by atoms with van der Waals surface area (Å²) in [5.74, 6) is 0. The SMILES string of the molecule is c1ccc(P(c2ccccc2)c2cc[nH]n2)cc1. The van der Waals surface area contributed by atoms with Crippen molar-refractivity contribution in [2.75, 3.05) is 0 Å². The van der Waals surface area contributed by atoms with Crippen molar-refractivity contribution in [3.63, 3.8) is 0 Å². The molecule has 0 radical (unpaired) electrons. The molecule has 0 fully saturated rings. The van der Waals surface area contributed by atoms with Crippen LogP contribution < -0.4 is 16.0 Å². The summed E-state index contributed by atoms with van der Waals surface area (Å²) in [6, 6.07) is 23.2. The van der Waals surface area contributed by atoms with Crippen molar-refractivity contribution >= 4 is 24.0 Å². The first-order valence-electron chi connectivity index (χ1n) is 5.85. The van der Waals surface area contributed by atoms with E-state index in [2.05, 4.69) is 64.8 Å². The quantitative estimate of drug-likeness (QED) is 0.711. The molecule has 3 rings (SSSR count). The van der Waals surface area contributed by atoms with Crippen molar-refractivity contribution in [2.24, 2.45) is 0 Å². The molecule has 18 heavy (non-hydrogen) atoms. The molecule has 0 aliphatic carbocycles. The summed E-state index contributed by atoms with van der Waals surface area (Å²) in [6.07, 6.45) is 1.89. The van der Waals surface area contributed by atoms with Gasteiger partial charge in [0.1, 0.15) is 0 Å². The third-order valence-electron chi connectivity index (χ3n) is 2.74. The lowest BCUT2D eigenvalue weighted by Gasteiger charge is -2.15. The van der Waals surface area contributed by atoms with Gasteiger partial charge < -0.3 is 0 Å². The summed E-state index contributed by atoms with van der Waals surface area (Å²) in [4.78, 5) is 0. The van der Waals surface area contributed by atoms with Gasteiger partial charge in [-0.25, -0.2) is 0 Å². The van der Waals surface area contributed by atoms with Crippen LogP contribution in [-0.4, -0.2) is 10.2 Å². The molecule has 0 atom stereocenters. The van der Waals surface area contributed by atoms with Crippen LogP contribution in [0.2, 0.25) is 0 Å². The van der Waals surface area contributed by atoms with Crippen LogP contribution in [0.5, 0.6) is 0 Å². The molecular weight excluding hydrogens is 239 g/mol. The average molecular weight is 252 g/mol. The van der Waals surface area contributed by atoms with Gasteiger partial charge in [-0.2, -0.15) is 5.10 Å². The number of hydrogen-bond acceptors (Lipinski definition) is 1. The molecule has 1 N–H and O–H groups in total. The van der Waals surface area contributed by atoms with E-state index in [-0.39, 0.29) is 0 Å². The molecule has 1 aromatic heterocycles. The predicted molar refractivity (Wildman–Crippen MR) is 77.3 cm³/mol. The molecule has 3 heteroatoms. The molecule has 0 aliphatic rings. The molecule has 88 valence electrons. The zero-order valence-electron chi connectivity index (χ0n) is 9.82. The van der Waals surface area contributed by atoms with Crippen LogP contribution in [0.25, 0.3) is 0 Å². The summed E-state index contributed by atoms with van der Waals surface area (Å²) < 4.78 is 0. The van der Waals surface area contributed by atoms with E-state index in [9.17, 15) is 0 Å². The number of aromatic amines is 1. The van der Waals surface area contributed by atoms with Crippen molar-refractivity contribution in [1.82, 2.24) is 10.2 Å². The van der Waals surface area contributed by atoms with E-state index >= 15 is 0 Å². The second-order valence-corrected chi connectivity index (χ2v) is 6.10. The van der Waals surface area contributed by atoms with Crippen LogP contribution >= 0.6 is 7.92 Å². The van der Waals surface area contributed by atoms with Crippen LogP contribution in [0, 0.1) is 0 Å². The zero-order chi connectivity index (χ0) is 12.2. The van der Waals surface area contributed by atoms with Crippen LogP contribution in [0.15, 0.2) is 72.9 Å². The lowest BCUT2D eigenvalue weighted by molar-refractivity contribution is 1.11. The minimum absolute atomic E-state index is 0.551. The van der Waals surface area contributed by atoms with Crippen molar-refractivity contribution in [3.8, 4) is 0 Å². The molecule has 0 aliphatic heterocycles. The highest BCUT2D eigenvalue weighted by atomic mass is 31.1. The monoisotopic (exact) mass is 252 g/mol. The van der Waals surface area contributed by atoms with E-state index in [4.69, 9.17) is 0 Å². The van der Waals surface area contributed by atoms with Gasteiger partial charge in [0, 0.05) is 14.1 Å². The molecular formula is C15H13N2P. The normalized spacial score (nSPS) is 10.7. The molecule has 3 aromatic rings. The molecule has 0 saturated heterocycles. The van der Waals surface area contributed by atoms with Gasteiger partial charge in [0.05, 0.1) is 5.44 Å². The van der Waals surface area contributed by atoms with Gasteiger partial charge in [0.15, 0.2) is 0 Å². The Morgan fingerprint density at radius 2 is 1.28 bits per heavy atom. The second-order valence-electron chi connectivity index (χ2n) is 3.94. The Balaban J connectivity index is 2.11. The number of hydrogen-bond donors (Lipinski definition) is 1. The van der Waals surface area contributed by atoms with Gasteiger partial charge >= 0.3 is 0 Å². The van der Waals surface area contributed by atoms with Crippen molar-refractivity contribution in [3.05, 3.63) is 72.9 Å². The van der Waals surface area contributed by atoms with Crippen molar-refractivity contribution in [1.29, 1.82) is 0 Å². The van der Waals surface area contributed by atoms with Gasteiger partial charge in [0.25, 0.3) is 0 Å². The predicted octanol–water partition coefficient (Wildman–Crippen LogP) is 2.17. The second kappa shape index (κ2) is 5.16. The molecule has 0 amide bonds. The smallest absolute Gasteiger partial charge is 0.0938 e. The summed E-state index contributed by atoms with van der Waals surface area (Å²) >= 11 is 0. The van der Waals surface area contributed by atoms with Crippen LogP contribution in [0.4, 0.5) is 0 Å². The van der Waals surface area contributed by atoms with Crippen LogP contribution in [-0.2, 0) is 0 Å². The molecule has 2 nitrogen and oxygen atoms in total. The highest BCUT2D eigenvalue weighted by Crippen LogP contribution is 2.31. The number of H-pyrrole nitrogens is 1. The highest BCUT2D eigenvalue weighted by molar-refractivity contribution is 7.79. The van der Waals surface area contributed by atoms with E-state index < -0.39 is 7.92 Å². The molecule has 1 heterocycles. The Morgan fingerprint density at radius 3 is 1.72 bits per heavy atom. The van der Waals surface area contributed by atoms with Crippen molar-refractivity contribution in [2.45, 2.75) is 0 Å². The van der Waals surface area contributed by atoms with Crippen molar-refractivity contribution < 1.29 is 0 Å². The number of benzene rings is 2. The summed E-state index contributed by atoms with van der Waals surface area (Å²) in [7, 11) is -0.551. The minimum Gasteiger partial charge on any atom is -0.285 e. The fraction of sp³-hybridized carbons (Fsp3) is 0. The maximum atomic E-state index is 4.37. The standard InChI is InChI=1S/C15H13N2P/c1-3-7-13(8-4-1)18(15-11-12-16-17-15)14-9-5-2-6-10-14/h1-12H,(H,16,17). The summed E-state index contributed by atoms with van der Waals surface area (Å²) in [6.45, 7) is 0. The van der Waals surface area contributed by atoms with E-state index in [1.54, 1.807) is 0 Å². The Kier molecular flexibility index (Phi) is 3.20. The van der Waals surface area contributed by atoms with Gasteiger partial charge in [-0.1, -0.05) is 60.7 Å². The summed E-state index contributed by atoms with van der Waals surface area (Å²) in [5.41, 5.74) is 1.11. The number of nitrogens with one attached hydrogen (secondary N) is 1. The van der Waals surface area contributed by atoms with E-state index in [1.165, 1.54) is 10.6 Å². The Morgan fingerprint density at radius 1 is 0.722 bits per heavy atom. The number of nitrogens with zero attached hydrogens (tertiary/aromatic N) is 1. The molecule has 0 saturated carbocycles. The Bertz CT molecular complexity index is 551. The molecule has 0 spiro atoms. The first kappa shape index (κ1) is 11.2. The Labute approximate surface area is 107 Å². The topological polar surface area (TPSA) is 28.7 Å². The third kappa shape index (κ3) is 2.20. The lowest BCUT2D eigenvalue weighted by atomic mass is 10.4. The first-order chi connectivity index (χ1) is 8.95. The van der Waals surface area contributed by atoms with E-state index in [1.807, 2.05) is 18.3 Å². The average Bonchev–Trinajstić information content (AvgIpc) is 2.95. The fourth-order valence-electron chi connectivity index (χ4n) is 1.94. The Hall–Kier alpha value is -1.92. The fourth-order valence-corrected chi connectivity index (χ4v) is 4.09. The lowest BCUT2D eigenvalue weighted by Crippen LogP contribution is -2.21. The van der Waals surface area contributed by atoms with Crippen LogP contribution in [0.3, 0.4) is 0 Å². The first-order valence-corrected chi connectivity index (χ1v) is 7.19. The van der Waals surface area contributed by atoms with Gasteiger partial charge in [0.2, 0.25) is 0 Å². The molecule has 2 aromatic carbocycles. The largest absolute Gasteiger partial charge is 0.285 e. The molecule has 0 bridgehead atoms. The minimum atomic E-state index is -0.551. The maximum Gasteiger partial charge on any atom is 0.0938 e. The molecule has 0 unspecified atom stereocenters. The number of rotatable bonds is 3. The van der Waals surface area contributed by atoms with Gasteiger partial charge in [-0.3, -0.25) is 5.10 Å². The third-order valence-corrected chi connectivity index (χ3v) is 5.08. The van der Waals surface area contributed by atoms with E-state index in [0.717, 1.165) is 5.44 Å². The van der Waals surface area contributed by atoms with Crippen LogP contribution in [0.1, 0.15) is 0 Å².